The average Bonchev–Trinajstić information content (AvgIpc) is 3.17. The van der Waals surface area contributed by atoms with Gasteiger partial charge >= 0.3 is 17.9 Å². The van der Waals surface area contributed by atoms with Gasteiger partial charge in [-0.2, -0.15) is 35.3 Å². The highest BCUT2D eigenvalue weighted by atomic mass is 32.2. The highest BCUT2D eigenvalue weighted by Crippen LogP contribution is 2.25. The van der Waals surface area contributed by atoms with Crippen molar-refractivity contribution < 1.29 is 28.6 Å². The molecule has 0 spiro atoms. The molecule has 320 valence electrons. The van der Waals surface area contributed by atoms with Crippen LogP contribution in [0, 0.1) is 5.41 Å². The number of rotatable bonds is 40. The van der Waals surface area contributed by atoms with Crippen molar-refractivity contribution in [3.05, 3.63) is 0 Å². The maximum absolute atomic E-state index is 12.9. The molecule has 0 bridgehead atoms. The summed E-state index contributed by atoms with van der Waals surface area (Å²) in [4.78, 5) is 45.9. The molecule has 0 unspecified atom stereocenters. The Labute approximate surface area is 345 Å². The maximum atomic E-state index is 12.9. The Balaban J connectivity index is 5.00. The van der Waals surface area contributed by atoms with Crippen LogP contribution in [0.5, 0.6) is 0 Å². The van der Waals surface area contributed by atoms with Gasteiger partial charge in [0.05, 0.1) is 24.7 Å². The standard InChI is InChI=1S/C42H83N3O6S3/c1-8-14-22-43(7)27-33-52-30-19-39(46)49-36-42(13-6,37-50-40(47)20-31-53-34-28-44(23-15-9-2)24-16-10-3)38-51-41(48)21-32-54-35-29-45(25-17-11-4)26-18-12-5/h8-38H2,1-7H3. The van der Waals surface area contributed by atoms with Crippen molar-refractivity contribution in [2.24, 2.45) is 5.41 Å². The molecule has 0 N–H and O–H groups in total. The van der Waals surface area contributed by atoms with Crippen molar-refractivity contribution in [1.29, 1.82) is 0 Å². The van der Waals surface area contributed by atoms with Crippen LogP contribution in [-0.2, 0) is 28.6 Å². The van der Waals surface area contributed by atoms with Gasteiger partial charge in [-0.1, -0.05) is 73.6 Å². The van der Waals surface area contributed by atoms with Crippen molar-refractivity contribution in [2.45, 2.75) is 131 Å². The first-order valence-electron chi connectivity index (χ1n) is 21.5. The van der Waals surface area contributed by atoms with Crippen LogP contribution in [0.2, 0.25) is 0 Å². The fraction of sp³-hybridized carbons (Fsp3) is 0.929. The van der Waals surface area contributed by atoms with Gasteiger partial charge in [-0.15, -0.1) is 0 Å². The van der Waals surface area contributed by atoms with Gasteiger partial charge in [0.1, 0.15) is 19.8 Å². The second kappa shape index (κ2) is 37.9. The molecular formula is C42H83N3O6S3. The van der Waals surface area contributed by atoms with Gasteiger partial charge < -0.3 is 28.9 Å². The lowest BCUT2D eigenvalue weighted by Gasteiger charge is -2.31. The lowest BCUT2D eigenvalue weighted by molar-refractivity contribution is -0.161. The number of esters is 3. The molecule has 0 saturated heterocycles. The predicted molar refractivity (Wildman–Crippen MR) is 236 cm³/mol. The molecule has 0 radical (unpaired) electrons. The molecule has 9 nitrogen and oxygen atoms in total. The van der Waals surface area contributed by atoms with E-state index in [1.54, 1.807) is 35.3 Å². The number of hydrogen-bond acceptors (Lipinski definition) is 12. The summed E-state index contributed by atoms with van der Waals surface area (Å²) >= 11 is 5.34. The van der Waals surface area contributed by atoms with Gasteiger partial charge in [0, 0.05) is 54.2 Å². The number of thioether (sulfide) groups is 3. The van der Waals surface area contributed by atoms with Crippen LogP contribution in [0.3, 0.4) is 0 Å². The van der Waals surface area contributed by atoms with Crippen LogP contribution in [0.4, 0.5) is 0 Å². The molecule has 0 aromatic rings. The highest BCUT2D eigenvalue weighted by molar-refractivity contribution is 7.99. The molecule has 0 amide bonds. The van der Waals surface area contributed by atoms with E-state index >= 15 is 0 Å². The number of nitrogens with zero attached hydrogens (tertiary/aromatic N) is 3. The Hall–Kier alpha value is -0.660. The Bertz CT molecular complexity index is 841. The number of carbonyl (C=O) groups is 3. The number of unbranched alkanes of at least 4 members (excludes halogenated alkanes) is 5. The topological polar surface area (TPSA) is 88.6 Å². The van der Waals surface area contributed by atoms with E-state index in [2.05, 4.69) is 56.4 Å². The van der Waals surface area contributed by atoms with Crippen LogP contribution in [0.1, 0.15) is 131 Å². The quantitative estimate of drug-likeness (QED) is 0.0336. The first kappa shape index (κ1) is 53.3. The van der Waals surface area contributed by atoms with Crippen LogP contribution in [-0.4, -0.2) is 146 Å². The van der Waals surface area contributed by atoms with E-state index in [0.29, 0.717) is 42.9 Å². The van der Waals surface area contributed by atoms with Crippen molar-refractivity contribution in [1.82, 2.24) is 14.7 Å². The monoisotopic (exact) mass is 822 g/mol. The SMILES string of the molecule is CCCCN(C)CCSCCC(=O)OCC(CC)(COC(=O)CCSCCN(CCCC)CCCC)COC(=O)CCSCCN(CCCC)CCCC. The van der Waals surface area contributed by atoms with Crippen molar-refractivity contribution in [3.8, 4) is 0 Å². The second-order valence-corrected chi connectivity index (χ2v) is 18.4. The fourth-order valence-corrected chi connectivity index (χ4v) is 8.23. The van der Waals surface area contributed by atoms with Gasteiger partial charge in [0.2, 0.25) is 0 Å². The summed E-state index contributed by atoms with van der Waals surface area (Å²) in [6.07, 6.45) is 13.6. The molecule has 12 heteroatoms. The Morgan fingerprint density at radius 1 is 0.444 bits per heavy atom. The lowest BCUT2D eigenvalue weighted by Crippen LogP contribution is -2.39. The molecular weight excluding hydrogens is 739 g/mol. The summed E-state index contributed by atoms with van der Waals surface area (Å²) in [7, 11) is 2.14. The largest absolute Gasteiger partial charge is 0.465 e. The van der Waals surface area contributed by atoms with E-state index in [4.69, 9.17) is 14.2 Å². The van der Waals surface area contributed by atoms with Crippen LogP contribution in [0.15, 0.2) is 0 Å². The summed E-state index contributed by atoms with van der Waals surface area (Å²) in [6, 6.07) is 0. The van der Waals surface area contributed by atoms with Crippen LogP contribution < -0.4 is 0 Å². The lowest BCUT2D eigenvalue weighted by atomic mass is 9.88. The summed E-state index contributed by atoms with van der Waals surface area (Å²) in [6.45, 7) is 22.0. The van der Waals surface area contributed by atoms with Gasteiger partial charge in [-0.25, -0.2) is 0 Å². The predicted octanol–water partition coefficient (Wildman–Crippen LogP) is 8.92. The Kier molecular flexibility index (Phi) is 37.4. The minimum Gasteiger partial charge on any atom is -0.465 e. The molecule has 0 fully saturated rings. The third kappa shape index (κ3) is 31.4. The van der Waals surface area contributed by atoms with Gasteiger partial charge in [-0.3, -0.25) is 14.4 Å². The van der Waals surface area contributed by atoms with E-state index in [9.17, 15) is 14.4 Å². The average molecular weight is 822 g/mol. The van der Waals surface area contributed by atoms with Gasteiger partial charge in [-0.05, 0) is 78.3 Å². The van der Waals surface area contributed by atoms with E-state index in [1.165, 1.54) is 64.2 Å². The third-order valence-corrected chi connectivity index (χ3v) is 12.5. The molecule has 0 aliphatic carbocycles. The highest BCUT2D eigenvalue weighted by Gasteiger charge is 2.34. The molecule has 0 aliphatic rings. The van der Waals surface area contributed by atoms with Crippen molar-refractivity contribution >= 4 is 53.2 Å². The van der Waals surface area contributed by atoms with Crippen LogP contribution >= 0.6 is 35.3 Å². The second-order valence-electron chi connectivity index (χ2n) is 14.7. The zero-order valence-electron chi connectivity index (χ0n) is 35.9. The number of hydrogen-bond donors (Lipinski definition) is 0. The first-order valence-corrected chi connectivity index (χ1v) is 25.0. The zero-order valence-corrected chi connectivity index (χ0v) is 38.4. The van der Waals surface area contributed by atoms with E-state index in [-0.39, 0.29) is 37.7 Å². The third-order valence-electron chi connectivity index (χ3n) is 9.65. The number of ether oxygens (including phenoxy) is 3. The molecule has 54 heavy (non-hydrogen) atoms. The van der Waals surface area contributed by atoms with E-state index in [0.717, 1.165) is 69.6 Å². The minimum absolute atomic E-state index is 0.0491. The van der Waals surface area contributed by atoms with Crippen molar-refractivity contribution in [2.75, 3.05) is 114 Å². The van der Waals surface area contributed by atoms with Gasteiger partial charge in [0.15, 0.2) is 0 Å². The summed E-state index contributed by atoms with van der Waals surface area (Å²) in [5, 5.41) is 0. The molecule has 0 rings (SSSR count). The molecule has 0 aromatic heterocycles. The Morgan fingerprint density at radius 2 is 0.759 bits per heavy atom. The van der Waals surface area contributed by atoms with Gasteiger partial charge in [0.25, 0.3) is 0 Å². The first-order chi connectivity index (χ1) is 26.2. The smallest absolute Gasteiger partial charge is 0.306 e. The Morgan fingerprint density at radius 3 is 1.07 bits per heavy atom. The molecule has 0 aromatic carbocycles. The van der Waals surface area contributed by atoms with Crippen molar-refractivity contribution in [3.63, 3.8) is 0 Å². The normalized spacial score (nSPS) is 11.9. The van der Waals surface area contributed by atoms with E-state index in [1.807, 2.05) is 6.92 Å². The maximum Gasteiger partial charge on any atom is 0.306 e. The van der Waals surface area contributed by atoms with E-state index < -0.39 is 5.41 Å². The number of carbonyl (C=O) groups excluding carboxylic acids is 3. The summed E-state index contributed by atoms with van der Waals surface area (Å²) in [5.41, 5.74) is -0.783. The van der Waals surface area contributed by atoms with Crippen LogP contribution in [0.25, 0.3) is 0 Å². The summed E-state index contributed by atoms with van der Waals surface area (Å²) < 4.78 is 17.3. The fourth-order valence-electron chi connectivity index (χ4n) is 5.47. The molecule has 0 saturated carbocycles. The zero-order chi connectivity index (χ0) is 40.1. The summed E-state index contributed by atoms with van der Waals surface area (Å²) in [5.74, 6) is 4.26. The molecule has 0 aliphatic heterocycles. The molecule has 0 heterocycles. The molecule has 0 atom stereocenters. The minimum atomic E-state index is -0.783.